The van der Waals surface area contributed by atoms with Crippen LogP contribution in [0, 0.1) is 0 Å². The summed E-state index contributed by atoms with van der Waals surface area (Å²) in [6.07, 6.45) is 0. The average molecular weight is 376 g/mol. The lowest BCUT2D eigenvalue weighted by molar-refractivity contribution is -0.131. The van der Waals surface area contributed by atoms with Gasteiger partial charge in [0, 0.05) is 9.58 Å². The van der Waals surface area contributed by atoms with Crippen LogP contribution in [0.4, 0.5) is 0 Å². The van der Waals surface area contributed by atoms with Gasteiger partial charge in [0.2, 0.25) is 10.0 Å². The number of fused-ring (bicyclic) bond motifs is 1. The number of carbonyl (C=O) groups is 1. The van der Waals surface area contributed by atoms with Crippen LogP contribution in [0.25, 0.3) is 10.1 Å². The molecule has 0 aliphatic heterocycles. The number of amides is 1. The second-order valence-electron chi connectivity index (χ2n) is 5.45. The van der Waals surface area contributed by atoms with Crippen LogP contribution in [0.5, 0.6) is 0 Å². The Balaban J connectivity index is 1.84. The topological polar surface area (TPSA) is 95.5 Å². The van der Waals surface area contributed by atoms with Crippen LogP contribution in [0.2, 0.25) is 0 Å². The second kappa shape index (κ2) is 7.32. The van der Waals surface area contributed by atoms with Crippen LogP contribution < -0.4 is 10.2 Å². The highest BCUT2D eigenvalue weighted by Crippen LogP contribution is 2.27. The van der Waals surface area contributed by atoms with E-state index in [1.165, 1.54) is 16.8 Å². The van der Waals surface area contributed by atoms with Crippen molar-refractivity contribution < 1.29 is 18.4 Å². The Kier molecular flexibility index (Phi) is 5.14. The third-order valence-electron chi connectivity index (χ3n) is 3.61. The van der Waals surface area contributed by atoms with Crippen molar-refractivity contribution in [1.82, 2.24) is 10.2 Å². The maximum atomic E-state index is 12.5. The predicted molar refractivity (Wildman–Crippen MR) is 96.7 cm³/mol. The Morgan fingerprint density at radius 2 is 1.76 bits per heavy atom. The van der Waals surface area contributed by atoms with E-state index in [0.29, 0.717) is 10.4 Å². The number of hydrogen-bond donors (Lipinski definition) is 3. The summed E-state index contributed by atoms with van der Waals surface area (Å²) >= 11 is 1.39. The van der Waals surface area contributed by atoms with Crippen molar-refractivity contribution in [2.75, 3.05) is 0 Å². The van der Waals surface area contributed by atoms with Crippen molar-refractivity contribution in [2.45, 2.75) is 11.8 Å². The van der Waals surface area contributed by atoms with Crippen LogP contribution in [-0.4, -0.2) is 19.5 Å². The van der Waals surface area contributed by atoms with Gasteiger partial charge in [-0.15, -0.1) is 11.3 Å². The number of nitrogens with one attached hydrogen (secondary N) is 2. The lowest BCUT2D eigenvalue weighted by atomic mass is 10.1. The highest BCUT2D eigenvalue weighted by molar-refractivity contribution is 7.88. The van der Waals surface area contributed by atoms with Gasteiger partial charge < -0.3 is 0 Å². The molecule has 1 unspecified atom stereocenters. The van der Waals surface area contributed by atoms with E-state index < -0.39 is 22.0 Å². The van der Waals surface area contributed by atoms with Gasteiger partial charge in [-0.05, 0) is 23.1 Å². The first-order valence-electron chi connectivity index (χ1n) is 7.45. The zero-order valence-electron chi connectivity index (χ0n) is 13.0. The largest absolute Gasteiger partial charge is 0.289 e. The van der Waals surface area contributed by atoms with E-state index in [9.17, 15) is 13.2 Å². The molecule has 2 aromatic carbocycles. The summed E-state index contributed by atoms with van der Waals surface area (Å²) in [5.41, 5.74) is 1.95. The van der Waals surface area contributed by atoms with Crippen LogP contribution in [0.1, 0.15) is 16.5 Å². The second-order valence-corrected chi connectivity index (χ2v) is 8.37. The molecule has 3 N–H and O–H groups in total. The summed E-state index contributed by atoms with van der Waals surface area (Å²) in [4.78, 5) is 12.6. The van der Waals surface area contributed by atoms with Gasteiger partial charge in [0.05, 0.1) is 5.75 Å². The van der Waals surface area contributed by atoms with E-state index in [1.54, 1.807) is 30.3 Å². The van der Waals surface area contributed by atoms with Gasteiger partial charge >= 0.3 is 0 Å². The SMILES string of the molecule is O=C(NO)C(NS(=O)(=O)Cc1cc2ccccc2s1)c1ccccc1. The van der Waals surface area contributed by atoms with Gasteiger partial charge in [-0.25, -0.2) is 13.9 Å². The van der Waals surface area contributed by atoms with Gasteiger partial charge in [-0.2, -0.15) is 4.72 Å². The molecule has 0 fully saturated rings. The molecule has 3 aromatic rings. The maximum Gasteiger partial charge on any atom is 0.266 e. The molecule has 1 atom stereocenters. The van der Waals surface area contributed by atoms with Crippen LogP contribution in [0.15, 0.2) is 60.7 Å². The fraction of sp³-hybridized carbons (Fsp3) is 0.118. The molecule has 1 heterocycles. The number of sulfonamides is 1. The Labute approximate surface area is 149 Å². The summed E-state index contributed by atoms with van der Waals surface area (Å²) in [5.74, 6) is -1.08. The third-order valence-corrected chi connectivity index (χ3v) is 6.20. The molecule has 6 nitrogen and oxygen atoms in total. The zero-order valence-corrected chi connectivity index (χ0v) is 14.7. The predicted octanol–water partition coefficient (Wildman–Crippen LogP) is 2.57. The number of benzene rings is 2. The van der Waals surface area contributed by atoms with Gasteiger partial charge in [-0.1, -0.05) is 48.5 Å². The molecule has 0 aliphatic carbocycles. The summed E-state index contributed by atoms with van der Waals surface area (Å²) in [6, 6.07) is 16.6. The minimum absolute atomic E-state index is 0.242. The molecule has 1 aromatic heterocycles. The number of hydrogen-bond acceptors (Lipinski definition) is 5. The van der Waals surface area contributed by atoms with Crippen molar-refractivity contribution in [3.8, 4) is 0 Å². The molecule has 1 amide bonds. The van der Waals surface area contributed by atoms with Gasteiger partial charge in [0.1, 0.15) is 6.04 Å². The monoisotopic (exact) mass is 376 g/mol. The van der Waals surface area contributed by atoms with Gasteiger partial charge in [0.15, 0.2) is 0 Å². The van der Waals surface area contributed by atoms with Gasteiger partial charge in [0.25, 0.3) is 5.91 Å². The van der Waals surface area contributed by atoms with Crippen LogP contribution >= 0.6 is 11.3 Å². The highest BCUT2D eigenvalue weighted by atomic mass is 32.2. The molecule has 0 radical (unpaired) electrons. The molecule has 0 saturated carbocycles. The maximum absolute atomic E-state index is 12.5. The molecule has 0 bridgehead atoms. The molecule has 3 rings (SSSR count). The first-order valence-corrected chi connectivity index (χ1v) is 9.92. The van der Waals surface area contributed by atoms with Crippen molar-refractivity contribution >= 4 is 37.4 Å². The normalized spacial score (nSPS) is 12.8. The lowest BCUT2D eigenvalue weighted by Crippen LogP contribution is -2.39. The van der Waals surface area contributed by atoms with Crippen molar-refractivity contribution in [3.63, 3.8) is 0 Å². The fourth-order valence-electron chi connectivity index (χ4n) is 2.50. The Hall–Kier alpha value is -2.26. The summed E-state index contributed by atoms with van der Waals surface area (Å²) in [5, 5.41) is 9.89. The molecule has 0 aliphatic rings. The van der Waals surface area contributed by atoms with E-state index in [2.05, 4.69) is 4.72 Å². The Bertz CT molecular complexity index is 951. The summed E-state index contributed by atoms with van der Waals surface area (Å²) < 4.78 is 28.4. The first kappa shape index (κ1) is 17.6. The summed E-state index contributed by atoms with van der Waals surface area (Å²) in [6.45, 7) is 0. The van der Waals surface area contributed by atoms with Gasteiger partial charge in [-0.3, -0.25) is 10.0 Å². The zero-order chi connectivity index (χ0) is 17.9. The molecule has 25 heavy (non-hydrogen) atoms. The highest BCUT2D eigenvalue weighted by Gasteiger charge is 2.26. The van der Waals surface area contributed by atoms with E-state index >= 15 is 0 Å². The first-order chi connectivity index (χ1) is 12.0. The molecule has 0 spiro atoms. The molecule has 0 saturated heterocycles. The van der Waals surface area contributed by atoms with E-state index in [4.69, 9.17) is 5.21 Å². The minimum atomic E-state index is -3.80. The summed E-state index contributed by atoms with van der Waals surface area (Å²) in [7, 11) is -3.80. The van der Waals surface area contributed by atoms with Crippen molar-refractivity contribution in [1.29, 1.82) is 0 Å². The smallest absolute Gasteiger partial charge is 0.266 e. The third kappa shape index (κ3) is 4.23. The quantitative estimate of drug-likeness (QED) is 0.455. The minimum Gasteiger partial charge on any atom is -0.289 e. The Morgan fingerprint density at radius 1 is 1.08 bits per heavy atom. The van der Waals surface area contributed by atoms with Crippen LogP contribution in [-0.2, 0) is 20.6 Å². The lowest BCUT2D eigenvalue weighted by Gasteiger charge is -2.17. The Morgan fingerprint density at radius 3 is 2.44 bits per heavy atom. The van der Waals surface area contributed by atoms with Crippen molar-refractivity contribution in [2.24, 2.45) is 0 Å². The average Bonchev–Trinajstić information content (AvgIpc) is 3.01. The fourth-order valence-corrected chi connectivity index (χ4v) is 5.20. The molecular formula is C17H16N2O4S2. The van der Waals surface area contributed by atoms with E-state index in [1.807, 2.05) is 30.3 Å². The van der Waals surface area contributed by atoms with E-state index in [-0.39, 0.29) is 5.75 Å². The van der Waals surface area contributed by atoms with Crippen molar-refractivity contribution in [3.05, 3.63) is 71.1 Å². The van der Waals surface area contributed by atoms with E-state index in [0.717, 1.165) is 10.1 Å². The molecule has 8 heteroatoms. The number of rotatable bonds is 6. The number of thiophene rings is 1. The molecular weight excluding hydrogens is 360 g/mol. The number of hydroxylamine groups is 1. The molecule has 130 valence electrons. The number of carbonyl (C=O) groups excluding carboxylic acids is 1. The van der Waals surface area contributed by atoms with Crippen LogP contribution in [0.3, 0.4) is 0 Å². The standard InChI is InChI=1S/C17H16N2O4S2/c20-17(18-21)16(12-6-2-1-3-7-12)19-25(22,23)11-14-10-13-8-4-5-9-15(13)24-14/h1-10,16,19,21H,11H2,(H,18,20).